The van der Waals surface area contributed by atoms with Crippen molar-refractivity contribution < 1.29 is 9.84 Å². The van der Waals surface area contributed by atoms with E-state index in [1.165, 1.54) is 0 Å². The molecule has 0 saturated carbocycles. The maximum absolute atomic E-state index is 8.83. The van der Waals surface area contributed by atoms with Crippen molar-refractivity contribution in [2.75, 3.05) is 19.8 Å². The number of ether oxygens (including phenoxy) is 1. The zero-order chi connectivity index (χ0) is 7.11. The van der Waals surface area contributed by atoms with Crippen LogP contribution in [-0.2, 0) is 4.74 Å². The van der Waals surface area contributed by atoms with E-state index in [1.807, 2.05) is 6.92 Å². The van der Waals surface area contributed by atoms with Crippen LogP contribution in [0.25, 0.3) is 0 Å². The number of hydrogen-bond acceptors (Lipinski definition) is 3. The lowest BCUT2D eigenvalue weighted by atomic mass is 10.4. The van der Waals surface area contributed by atoms with Gasteiger partial charge in [0.2, 0.25) is 0 Å². The molecular weight excluding hydrogens is 118 g/mol. The van der Waals surface area contributed by atoms with Crippen molar-refractivity contribution in [3.05, 3.63) is 0 Å². The number of aliphatic hydroxyl groups is 1. The minimum Gasteiger partial charge on any atom is -0.389 e. The summed E-state index contributed by atoms with van der Waals surface area (Å²) in [6, 6.07) is 0. The molecular formula is C6H15NO2. The van der Waals surface area contributed by atoms with Crippen molar-refractivity contribution in [3.8, 4) is 0 Å². The van der Waals surface area contributed by atoms with Crippen LogP contribution in [-0.4, -0.2) is 31.0 Å². The predicted octanol–water partition coefficient (Wildman–Crippen LogP) is -0.267. The molecule has 3 N–H and O–H groups in total. The van der Waals surface area contributed by atoms with Crippen LogP contribution in [0.15, 0.2) is 0 Å². The Morgan fingerprint density at radius 2 is 2.33 bits per heavy atom. The first kappa shape index (κ1) is 8.88. The lowest BCUT2D eigenvalue weighted by molar-refractivity contribution is 0.0416. The summed E-state index contributed by atoms with van der Waals surface area (Å²) in [4.78, 5) is 0. The molecule has 1 atom stereocenters. The highest BCUT2D eigenvalue weighted by Gasteiger charge is 1.97. The van der Waals surface area contributed by atoms with E-state index < -0.39 is 6.10 Å². The summed E-state index contributed by atoms with van der Waals surface area (Å²) in [5.74, 6) is 0. The molecule has 0 aliphatic carbocycles. The third-order valence-electron chi connectivity index (χ3n) is 0.931. The van der Waals surface area contributed by atoms with Crippen LogP contribution in [0.5, 0.6) is 0 Å². The summed E-state index contributed by atoms with van der Waals surface area (Å²) < 4.78 is 5.01. The van der Waals surface area contributed by atoms with Crippen LogP contribution in [0, 0.1) is 0 Å². The van der Waals surface area contributed by atoms with Crippen molar-refractivity contribution in [1.29, 1.82) is 0 Å². The van der Waals surface area contributed by atoms with Gasteiger partial charge in [0.15, 0.2) is 0 Å². The second-order valence-corrected chi connectivity index (χ2v) is 1.96. The maximum atomic E-state index is 8.83. The molecule has 0 unspecified atom stereocenters. The topological polar surface area (TPSA) is 55.5 Å². The first-order valence-electron chi connectivity index (χ1n) is 3.27. The molecule has 0 rings (SSSR count). The molecule has 0 spiro atoms. The van der Waals surface area contributed by atoms with Gasteiger partial charge in [-0.1, -0.05) is 6.92 Å². The second-order valence-electron chi connectivity index (χ2n) is 1.96. The molecule has 0 amide bonds. The summed E-state index contributed by atoms with van der Waals surface area (Å²) in [7, 11) is 0. The highest BCUT2D eigenvalue weighted by Crippen LogP contribution is 1.83. The average Bonchev–Trinajstić information content (AvgIpc) is 1.89. The fraction of sp³-hybridized carbons (Fsp3) is 1.00. The Morgan fingerprint density at radius 3 is 2.78 bits per heavy atom. The van der Waals surface area contributed by atoms with E-state index in [1.54, 1.807) is 0 Å². The molecule has 0 aliphatic heterocycles. The highest BCUT2D eigenvalue weighted by atomic mass is 16.5. The van der Waals surface area contributed by atoms with Crippen LogP contribution in [0.3, 0.4) is 0 Å². The Hall–Kier alpha value is -0.120. The number of nitrogens with two attached hydrogens (primary N) is 1. The molecule has 0 aromatic heterocycles. The van der Waals surface area contributed by atoms with Gasteiger partial charge in [0, 0.05) is 13.2 Å². The van der Waals surface area contributed by atoms with Gasteiger partial charge in [0.25, 0.3) is 0 Å². The molecule has 0 heterocycles. The van der Waals surface area contributed by atoms with Crippen molar-refractivity contribution in [2.24, 2.45) is 5.73 Å². The summed E-state index contributed by atoms with van der Waals surface area (Å²) >= 11 is 0. The molecule has 0 aromatic rings. The van der Waals surface area contributed by atoms with Crippen LogP contribution in [0.1, 0.15) is 13.3 Å². The second kappa shape index (κ2) is 6.01. The SMILES string of the molecule is CCCOC[C@@H](O)CN. The Balaban J connectivity index is 2.88. The van der Waals surface area contributed by atoms with Gasteiger partial charge in [-0.25, -0.2) is 0 Å². The van der Waals surface area contributed by atoms with Gasteiger partial charge in [0.05, 0.1) is 12.7 Å². The summed E-state index contributed by atoms with van der Waals surface area (Å²) in [5, 5.41) is 8.83. The molecule has 56 valence electrons. The van der Waals surface area contributed by atoms with Crippen molar-refractivity contribution >= 4 is 0 Å². The lowest BCUT2D eigenvalue weighted by Crippen LogP contribution is -2.25. The molecule has 3 heteroatoms. The van der Waals surface area contributed by atoms with Gasteiger partial charge in [-0.05, 0) is 6.42 Å². The van der Waals surface area contributed by atoms with Crippen molar-refractivity contribution in [3.63, 3.8) is 0 Å². The fourth-order valence-electron chi connectivity index (χ4n) is 0.432. The van der Waals surface area contributed by atoms with Gasteiger partial charge in [0.1, 0.15) is 0 Å². The van der Waals surface area contributed by atoms with Gasteiger partial charge in [-0.2, -0.15) is 0 Å². The quantitative estimate of drug-likeness (QED) is 0.508. The van der Waals surface area contributed by atoms with Gasteiger partial charge < -0.3 is 15.6 Å². The lowest BCUT2D eigenvalue weighted by Gasteiger charge is -2.06. The summed E-state index contributed by atoms with van der Waals surface area (Å²) in [6.07, 6.45) is 0.494. The fourth-order valence-corrected chi connectivity index (χ4v) is 0.432. The monoisotopic (exact) mass is 133 g/mol. The minimum atomic E-state index is -0.489. The first-order valence-corrected chi connectivity index (χ1v) is 3.27. The van der Waals surface area contributed by atoms with E-state index >= 15 is 0 Å². The van der Waals surface area contributed by atoms with E-state index in [4.69, 9.17) is 15.6 Å². The van der Waals surface area contributed by atoms with E-state index in [2.05, 4.69) is 0 Å². The zero-order valence-corrected chi connectivity index (χ0v) is 5.84. The largest absolute Gasteiger partial charge is 0.389 e. The predicted molar refractivity (Wildman–Crippen MR) is 36.2 cm³/mol. The van der Waals surface area contributed by atoms with Gasteiger partial charge in [-0.15, -0.1) is 0 Å². The Labute approximate surface area is 55.8 Å². The molecule has 3 nitrogen and oxygen atoms in total. The first-order chi connectivity index (χ1) is 4.31. The van der Waals surface area contributed by atoms with Gasteiger partial charge >= 0.3 is 0 Å². The van der Waals surface area contributed by atoms with Crippen LogP contribution in [0.2, 0.25) is 0 Å². The minimum absolute atomic E-state index is 0.281. The third kappa shape index (κ3) is 5.76. The molecule has 0 radical (unpaired) electrons. The summed E-state index contributed by atoms with van der Waals surface area (Å²) in [5.41, 5.74) is 5.12. The van der Waals surface area contributed by atoms with Crippen molar-refractivity contribution in [2.45, 2.75) is 19.4 Å². The zero-order valence-electron chi connectivity index (χ0n) is 5.84. The summed E-state index contributed by atoms with van der Waals surface area (Å²) in [6.45, 7) is 3.37. The Kier molecular flexibility index (Phi) is 5.93. The Morgan fingerprint density at radius 1 is 1.67 bits per heavy atom. The highest BCUT2D eigenvalue weighted by molar-refractivity contribution is 4.51. The standard InChI is InChI=1S/C6H15NO2/c1-2-3-9-5-6(8)4-7/h6,8H,2-5,7H2,1H3/t6-/m0/s1. The Bertz CT molecular complexity index is 59.0. The smallest absolute Gasteiger partial charge is 0.0895 e. The molecule has 0 fully saturated rings. The molecule has 0 bridgehead atoms. The van der Waals surface area contributed by atoms with E-state index in [9.17, 15) is 0 Å². The molecule has 0 saturated heterocycles. The molecule has 0 aromatic carbocycles. The number of rotatable bonds is 5. The van der Waals surface area contributed by atoms with E-state index in [0.717, 1.165) is 6.42 Å². The average molecular weight is 133 g/mol. The number of aliphatic hydroxyl groups excluding tert-OH is 1. The van der Waals surface area contributed by atoms with Crippen LogP contribution < -0.4 is 5.73 Å². The molecule has 0 aliphatic rings. The van der Waals surface area contributed by atoms with Gasteiger partial charge in [-0.3, -0.25) is 0 Å². The number of hydrogen-bond donors (Lipinski definition) is 2. The van der Waals surface area contributed by atoms with E-state index in [-0.39, 0.29) is 6.54 Å². The maximum Gasteiger partial charge on any atom is 0.0895 e. The van der Waals surface area contributed by atoms with Crippen molar-refractivity contribution in [1.82, 2.24) is 0 Å². The normalized spacial score (nSPS) is 13.7. The molecule has 9 heavy (non-hydrogen) atoms. The third-order valence-corrected chi connectivity index (χ3v) is 0.931. The van der Waals surface area contributed by atoms with Crippen LogP contribution >= 0.6 is 0 Å². The van der Waals surface area contributed by atoms with E-state index in [0.29, 0.717) is 13.2 Å². The van der Waals surface area contributed by atoms with Crippen LogP contribution in [0.4, 0.5) is 0 Å².